The molecule has 0 amide bonds. The minimum atomic E-state index is -3.60. The topological polar surface area (TPSA) is 78.4 Å². The van der Waals surface area contributed by atoms with Crippen LogP contribution < -0.4 is 9.44 Å². The summed E-state index contributed by atoms with van der Waals surface area (Å²) in [5.74, 6) is 5.03. The van der Waals surface area contributed by atoms with E-state index < -0.39 is 16.0 Å². The highest BCUT2D eigenvalue weighted by molar-refractivity contribution is 7.87. The van der Waals surface area contributed by atoms with Crippen molar-refractivity contribution >= 4 is 10.2 Å². The van der Waals surface area contributed by atoms with E-state index in [1.165, 1.54) is 18.2 Å². The van der Waals surface area contributed by atoms with Crippen LogP contribution in [0.5, 0.6) is 0 Å². The zero-order valence-corrected chi connectivity index (χ0v) is 12.2. The second-order valence-electron chi connectivity index (χ2n) is 4.80. The Morgan fingerprint density at radius 1 is 1.38 bits per heavy atom. The summed E-state index contributed by atoms with van der Waals surface area (Å²) >= 11 is 0. The highest BCUT2D eigenvalue weighted by Crippen LogP contribution is 2.19. The summed E-state index contributed by atoms with van der Waals surface area (Å²) in [5.41, 5.74) is 0.807. The van der Waals surface area contributed by atoms with E-state index in [0.717, 1.165) is 12.8 Å². The molecular weight excluding hydrogens is 295 g/mol. The molecule has 1 aromatic rings. The Balaban J connectivity index is 2.01. The van der Waals surface area contributed by atoms with Crippen LogP contribution in [0.4, 0.5) is 4.39 Å². The number of rotatable bonds is 6. The maximum Gasteiger partial charge on any atom is 0.277 e. The van der Waals surface area contributed by atoms with Gasteiger partial charge in [-0.3, -0.25) is 0 Å². The molecule has 21 heavy (non-hydrogen) atoms. The van der Waals surface area contributed by atoms with E-state index in [1.54, 1.807) is 0 Å². The second-order valence-corrected chi connectivity index (χ2v) is 6.33. The Morgan fingerprint density at radius 3 is 2.81 bits per heavy atom. The number of nitrogens with one attached hydrogen (secondary N) is 2. The highest BCUT2D eigenvalue weighted by Gasteiger charge is 2.26. The molecule has 1 aliphatic rings. The maximum atomic E-state index is 13.7. The van der Waals surface area contributed by atoms with Crippen molar-refractivity contribution in [1.82, 2.24) is 9.44 Å². The van der Waals surface area contributed by atoms with E-state index in [-0.39, 0.29) is 24.8 Å². The Labute approximate surface area is 123 Å². The lowest BCUT2D eigenvalue weighted by Gasteiger charge is -2.08. The van der Waals surface area contributed by atoms with Crippen molar-refractivity contribution in [3.05, 3.63) is 35.1 Å². The van der Waals surface area contributed by atoms with Crippen LogP contribution in [0.3, 0.4) is 0 Å². The summed E-state index contributed by atoms with van der Waals surface area (Å²) in [5, 5.41) is 8.65. The molecule has 0 unspecified atom stereocenters. The van der Waals surface area contributed by atoms with Gasteiger partial charge in [0.05, 0.1) is 6.61 Å². The summed E-state index contributed by atoms with van der Waals surface area (Å²) < 4.78 is 41.8. The van der Waals surface area contributed by atoms with Gasteiger partial charge in [0.25, 0.3) is 10.2 Å². The molecule has 1 saturated carbocycles. The van der Waals surface area contributed by atoms with Crippen LogP contribution in [0.1, 0.15) is 30.4 Å². The molecule has 5 nitrogen and oxygen atoms in total. The number of aliphatic hydroxyl groups is 1. The molecule has 2 rings (SSSR count). The van der Waals surface area contributed by atoms with E-state index in [0.29, 0.717) is 12.0 Å². The Morgan fingerprint density at radius 2 is 2.14 bits per heavy atom. The van der Waals surface area contributed by atoms with Crippen molar-refractivity contribution in [3.8, 4) is 11.8 Å². The van der Waals surface area contributed by atoms with Crippen molar-refractivity contribution in [1.29, 1.82) is 0 Å². The van der Waals surface area contributed by atoms with Crippen LogP contribution in [-0.2, 0) is 16.8 Å². The summed E-state index contributed by atoms with van der Waals surface area (Å²) in [6.45, 7) is -0.170. The van der Waals surface area contributed by atoms with Crippen LogP contribution in [-0.4, -0.2) is 26.2 Å². The first-order valence-corrected chi connectivity index (χ1v) is 8.13. The highest BCUT2D eigenvalue weighted by atomic mass is 32.2. The van der Waals surface area contributed by atoms with Gasteiger partial charge >= 0.3 is 0 Å². The van der Waals surface area contributed by atoms with Crippen LogP contribution >= 0.6 is 0 Å². The fourth-order valence-corrected chi connectivity index (χ4v) is 2.75. The average molecular weight is 312 g/mol. The van der Waals surface area contributed by atoms with E-state index >= 15 is 0 Å². The van der Waals surface area contributed by atoms with E-state index in [2.05, 4.69) is 21.3 Å². The van der Waals surface area contributed by atoms with Gasteiger partial charge in [-0.05, 0) is 31.0 Å². The van der Waals surface area contributed by atoms with Crippen LogP contribution in [0.25, 0.3) is 0 Å². The monoisotopic (exact) mass is 312 g/mol. The zero-order valence-electron chi connectivity index (χ0n) is 11.4. The molecule has 0 aromatic heterocycles. The third-order valence-electron chi connectivity index (χ3n) is 2.87. The molecule has 0 bridgehead atoms. The Kier molecular flexibility index (Phi) is 5.31. The molecule has 1 aromatic carbocycles. The predicted octanol–water partition coefficient (Wildman–Crippen LogP) is 0.646. The Bertz CT molecular complexity index is 661. The quantitative estimate of drug-likeness (QED) is 0.675. The van der Waals surface area contributed by atoms with Crippen LogP contribution in [0.2, 0.25) is 0 Å². The van der Waals surface area contributed by atoms with Gasteiger partial charge in [-0.1, -0.05) is 11.8 Å². The van der Waals surface area contributed by atoms with E-state index in [9.17, 15) is 12.8 Å². The summed E-state index contributed by atoms with van der Waals surface area (Å²) in [6, 6.07) is 4.27. The average Bonchev–Trinajstić information content (AvgIpc) is 3.22. The van der Waals surface area contributed by atoms with Crippen molar-refractivity contribution in [2.45, 2.75) is 31.8 Å². The minimum Gasteiger partial charge on any atom is -0.395 e. The molecule has 0 spiro atoms. The van der Waals surface area contributed by atoms with Gasteiger partial charge < -0.3 is 5.11 Å². The van der Waals surface area contributed by atoms with Gasteiger partial charge in [-0.2, -0.15) is 17.9 Å². The lowest BCUT2D eigenvalue weighted by Crippen LogP contribution is -2.37. The fraction of sp³-hybridized carbons (Fsp3) is 0.429. The molecule has 1 fully saturated rings. The molecule has 7 heteroatoms. The number of halogens is 1. The number of hydrogen-bond acceptors (Lipinski definition) is 3. The molecule has 0 atom stereocenters. The minimum absolute atomic E-state index is 0.00281. The predicted molar refractivity (Wildman–Crippen MR) is 76.9 cm³/mol. The fourth-order valence-electron chi connectivity index (χ4n) is 1.64. The first-order valence-electron chi connectivity index (χ1n) is 6.65. The number of aliphatic hydroxyl groups excluding tert-OH is 1. The van der Waals surface area contributed by atoms with Crippen molar-refractivity contribution in [2.75, 3.05) is 6.61 Å². The lowest BCUT2D eigenvalue weighted by atomic mass is 10.1. The molecule has 0 saturated heterocycles. The van der Waals surface area contributed by atoms with Gasteiger partial charge in [0.1, 0.15) is 5.82 Å². The maximum absolute atomic E-state index is 13.7. The van der Waals surface area contributed by atoms with Gasteiger partial charge in [-0.25, -0.2) is 4.39 Å². The normalized spacial score (nSPS) is 14.6. The van der Waals surface area contributed by atoms with Crippen molar-refractivity contribution in [3.63, 3.8) is 0 Å². The second kappa shape index (κ2) is 7.00. The van der Waals surface area contributed by atoms with Crippen molar-refractivity contribution < 1.29 is 17.9 Å². The standard InChI is InChI=1S/C14H17FN2O3S/c15-14-7-4-11(3-1-2-8-18)9-12(14)10-16-21(19,20)17-13-5-6-13/h4,7,9,13,16-18H,2,5-6,8,10H2. The molecule has 0 radical (unpaired) electrons. The molecular formula is C14H17FN2O3S. The lowest BCUT2D eigenvalue weighted by molar-refractivity contribution is 0.305. The van der Waals surface area contributed by atoms with E-state index in [4.69, 9.17) is 5.11 Å². The Hall–Kier alpha value is -1.46. The molecule has 1 aliphatic carbocycles. The first kappa shape index (κ1) is 15.9. The number of benzene rings is 1. The van der Waals surface area contributed by atoms with Gasteiger partial charge in [-0.15, -0.1) is 0 Å². The molecule has 114 valence electrons. The SMILES string of the molecule is O=S(=O)(NCc1cc(C#CCCO)ccc1F)NC1CC1. The van der Waals surface area contributed by atoms with Gasteiger partial charge in [0, 0.05) is 30.1 Å². The number of hydrogen-bond donors (Lipinski definition) is 3. The molecule has 3 N–H and O–H groups in total. The summed E-state index contributed by atoms with van der Waals surface area (Å²) in [4.78, 5) is 0. The largest absolute Gasteiger partial charge is 0.395 e. The summed E-state index contributed by atoms with van der Waals surface area (Å²) in [6.07, 6.45) is 2.01. The first-order chi connectivity index (χ1) is 10.00. The smallest absolute Gasteiger partial charge is 0.277 e. The van der Waals surface area contributed by atoms with E-state index in [1.807, 2.05) is 0 Å². The molecule has 0 aliphatic heterocycles. The zero-order chi connectivity index (χ0) is 15.3. The third kappa shape index (κ3) is 5.44. The molecule has 0 heterocycles. The van der Waals surface area contributed by atoms with Gasteiger partial charge in [0.2, 0.25) is 0 Å². The summed E-state index contributed by atoms with van der Waals surface area (Å²) in [7, 11) is -3.60. The third-order valence-corrected chi connectivity index (χ3v) is 4.04. The van der Waals surface area contributed by atoms with Crippen LogP contribution in [0, 0.1) is 17.7 Å². The van der Waals surface area contributed by atoms with Crippen molar-refractivity contribution in [2.24, 2.45) is 0 Å². The van der Waals surface area contributed by atoms with Gasteiger partial charge in [0.15, 0.2) is 0 Å². The van der Waals surface area contributed by atoms with Crippen LogP contribution in [0.15, 0.2) is 18.2 Å².